The fourth-order valence-electron chi connectivity index (χ4n) is 6.70. The molecule has 0 aliphatic heterocycles. The quantitative estimate of drug-likeness (QED) is 0.0237. The van der Waals surface area contributed by atoms with Crippen molar-refractivity contribution in [2.75, 3.05) is 33.0 Å². The van der Waals surface area contributed by atoms with Gasteiger partial charge in [-0.05, 0) is 64.2 Å². The summed E-state index contributed by atoms with van der Waals surface area (Å²) >= 11 is 0. The zero-order chi connectivity index (χ0) is 41.8. The molecule has 0 spiro atoms. The smallest absolute Gasteiger partial charge is 0.457 e. The average molecular weight is 831 g/mol. The molecule has 0 aromatic rings. The van der Waals surface area contributed by atoms with E-state index in [0.717, 1.165) is 57.8 Å². The number of hydrogen-bond donors (Lipinski definition) is 3. The molecule has 0 saturated heterocycles. The Morgan fingerprint density at radius 3 is 1.32 bits per heavy atom. The van der Waals surface area contributed by atoms with Crippen LogP contribution in [0, 0.1) is 0 Å². The van der Waals surface area contributed by atoms with Gasteiger partial charge in [0.1, 0.15) is 12.2 Å². The molecule has 3 atom stereocenters. The van der Waals surface area contributed by atoms with Gasteiger partial charge in [-0.25, -0.2) is 4.57 Å². The molecule has 0 rings (SSSR count). The van der Waals surface area contributed by atoms with Gasteiger partial charge in [0.25, 0.3) is 0 Å². The number of esters is 1. The van der Waals surface area contributed by atoms with Crippen LogP contribution in [0.4, 0.5) is 0 Å². The maximum absolute atomic E-state index is 12.6. The topological polar surface area (TPSA) is 132 Å². The molecule has 0 saturated carbocycles. The fraction of sp³-hybridized carbons (Fsp3) is 0.894. The maximum atomic E-state index is 12.6. The van der Waals surface area contributed by atoms with Gasteiger partial charge >= 0.3 is 13.8 Å². The first-order chi connectivity index (χ1) is 27.8. The van der Waals surface area contributed by atoms with Crippen LogP contribution in [0.15, 0.2) is 24.3 Å². The number of phosphoric ester groups is 1. The van der Waals surface area contributed by atoms with E-state index in [1.807, 2.05) is 0 Å². The van der Waals surface area contributed by atoms with Gasteiger partial charge in [-0.2, -0.15) is 0 Å². The molecule has 3 unspecified atom stereocenters. The largest absolute Gasteiger partial charge is 0.472 e. The highest BCUT2D eigenvalue weighted by Gasteiger charge is 2.26. The first kappa shape index (κ1) is 55.9. The van der Waals surface area contributed by atoms with Gasteiger partial charge in [0.05, 0.1) is 26.4 Å². The van der Waals surface area contributed by atoms with E-state index in [0.29, 0.717) is 6.61 Å². The number of aliphatic hydroxyl groups is 2. The summed E-state index contributed by atoms with van der Waals surface area (Å²) in [5.74, 6) is -0.388. The van der Waals surface area contributed by atoms with Crippen LogP contribution in [-0.2, 0) is 27.9 Å². The van der Waals surface area contributed by atoms with E-state index in [1.165, 1.54) is 148 Å². The molecule has 0 aliphatic carbocycles. The maximum Gasteiger partial charge on any atom is 0.472 e. The molecule has 57 heavy (non-hydrogen) atoms. The number of allylic oxidation sites excluding steroid dienone is 4. The minimum atomic E-state index is -4.52. The van der Waals surface area contributed by atoms with Gasteiger partial charge in [0.2, 0.25) is 0 Å². The highest BCUT2D eigenvalue weighted by atomic mass is 31.2. The molecule has 0 aromatic heterocycles. The third kappa shape index (κ3) is 44.3. The van der Waals surface area contributed by atoms with E-state index >= 15 is 0 Å². The van der Waals surface area contributed by atoms with Crippen molar-refractivity contribution in [2.24, 2.45) is 0 Å². The normalized spacial score (nSPS) is 14.1. The number of carbonyl (C=O) groups excluding carboxylic acids is 1. The Balaban J connectivity index is 4.10. The van der Waals surface area contributed by atoms with E-state index in [4.69, 9.17) is 23.6 Å². The molecule has 0 aliphatic rings. The SMILES string of the molecule is CCCCCCCC/C=C\CCCCCCCCCCCCOCC(COP(=O)(O)OCC(O)CO)OC(=O)CCCCCCC/C=C\CCCCCCCCC. The van der Waals surface area contributed by atoms with Gasteiger partial charge < -0.3 is 24.6 Å². The standard InChI is InChI=1S/C47H91O9P/c1-3-5-7-9-11-13-15-17-19-21-22-23-24-26-28-30-32-34-36-38-40-53-43-46(44-55-57(51,52)54-42-45(49)41-48)56-47(50)39-37-35-33-31-29-27-25-20-18-16-14-12-10-8-6-4-2/h17,19-20,25,45-46,48-49H,3-16,18,21-24,26-44H2,1-2H3,(H,51,52)/b19-17-,25-20-. The molecule has 10 heteroatoms. The minimum absolute atomic E-state index is 0.0480. The van der Waals surface area contributed by atoms with Crippen molar-refractivity contribution >= 4 is 13.8 Å². The Kier molecular flexibility index (Phi) is 43.7. The van der Waals surface area contributed by atoms with Gasteiger partial charge in [-0.1, -0.05) is 179 Å². The summed E-state index contributed by atoms with van der Waals surface area (Å²) in [6, 6.07) is 0. The summed E-state index contributed by atoms with van der Waals surface area (Å²) in [7, 11) is -4.52. The van der Waals surface area contributed by atoms with Crippen molar-refractivity contribution in [3.05, 3.63) is 24.3 Å². The van der Waals surface area contributed by atoms with Crippen LogP contribution < -0.4 is 0 Å². The van der Waals surface area contributed by atoms with E-state index in [1.54, 1.807) is 0 Å². The van der Waals surface area contributed by atoms with Crippen LogP contribution >= 0.6 is 7.82 Å². The number of aliphatic hydroxyl groups excluding tert-OH is 2. The molecule has 0 bridgehead atoms. The van der Waals surface area contributed by atoms with E-state index < -0.39 is 33.2 Å². The number of rotatable bonds is 46. The molecular weight excluding hydrogens is 739 g/mol. The first-order valence-electron chi connectivity index (χ1n) is 23.8. The van der Waals surface area contributed by atoms with Crippen molar-refractivity contribution < 1.29 is 43.0 Å². The number of ether oxygens (including phenoxy) is 2. The summed E-state index contributed by atoms with van der Waals surface area (Å²) in [4.78, 5) is 22.6. The number of unbranched alkanes of at least 4 members (excludes halogenated alkanes) is 28. The van der Waals surface area contributed by atoms with Crippen molar-refractivity contribution in [3.63, 3.8) is 0 Å². The van der Waals surface area contributed by atoms with Crippen LogP contribution in [0.1, 0.15) is 226 Å². The lowest BCUT2D eigenvalue weighted by Gasteiger charge is -2.20. The minimum Gasteiger partial charge on any atom is -0.457 e. The van der Waals surface area contributed by atoms with Crippen molar-refractivity contribution in [2.45, 2.75) is 238 Å². The van der Waals surface area contributed by atoms with Crippen LogP contribution in [0.2, 0.25) is 0 Å². The second-order valence-corrected chi connectivity index (χ2v) is 17.6. The second-order valence-electron chi connectivity index (χ2n) is 16.1. The summed E-state index contributed by atoms with van der Waals surface area (Å²) in [6.07, 6.45) is 47.1. The number of carbonyl (C=O) groups is 1. The number of hydrogen-bond acceptors (Lipinski definition) is 8. The van der Waals surface area contributed by atoms with Gasteiger partial charge in [0.15, 0.2) is 0 Å². The number of phosphoric acid groups is 1. The highest BCUT2D eigenvalue weighted by Crippen LogP contribution is 2.43. The zero-order valence-corrected chi connectivity index (χ0v) is 38.0. The predicted octanol–water partition coefficient (Wildman–Crippen LogP) is 13.4. The second kappa shape index (κ2) is 44.5. The van der Waals surface area contributed by atoms with Crippen molar-refractivity contribution in [1.29, 1.82) is 0 Å². The summed E-state index contributed by atoms with van der Waals surface area (Å²) < 4.78 is 33.4. The molecule has 3 N–H and O–H groups in total. The van der Waals surface area contributed by atoms with Crippen LogP contribution in [0.25, 0.3) is 0 Å². The Labute approximate surface area is 351 Å². The summed E-state index contributed by atoms with van der Waals surface area (Å²) in [6.45, 7) is 3.53. The summed E-state index contributed by atoms with van der Waals surface area (Å²) in [5, 5.41) is 18.4. The molecule has 338 valence electrons. The molecule has 0 amide bonds. The zero-order valence-electron chi connectivity index (χ0n) is 37.1. The van der Waals surface area contributed by atoms with Crippen molar-refractivity contribution in [3.8, 4) is 0 Å². The molecule has 9 nitrogen and oxygen atoms in total. The van der Waals surface area contributed by atoms with Crippen LogP contribution in [0.5, 0.6) is 0 Å². The lowest BCUT2D eigenvalue weighted by Crippen LogP contribution is -2.29. The monoisotopic (exact) mass is 831 g/mol. The van der Waals surface area contributed by atoms with Crippen LogP contribution in [-0.4, -0.2) is 66.3 Å². The fourth-order valence-corrected chi connectivity index (χ4v) is 7.49. The Hall–Kier alpha value is -1.06. The lowest BCUT2D eigenvalue weighted by molar-refractivity contribution is -0.154. The van der Waals surface area contributed by atoms with E-state index in [2.05, 4.69) is 38.2 Å². The highest BCUT2D eigenvalue weighted by molar-refractivity contribution is 7.47. The third-order valence-corrected chi connectivity index (χ3v) is 11.3. The van der Waals surface area contributed by atoms with Crippen molar-refractivity contribution in [1.82, 2.24) is 0 Å². The molecule has 0 aromatic carbocycles. The predicted molar refractivity (Wildman–Crippen MR) is 238 cm³/mol. The summed E-state index contributed by atoms with van der Waals surface area (Å²) in [5.41, 5.74) is 0. The Morgan fingerprint density at radius 2 is 0.895 bits per heavy atom. The van der Waals surface area contributed by atoms with E-state index in [-0.39, 0.29) is 25.6 Å². The van der Waals surface area contributed by atoms with Gasteiger partial charge in [-0.15, -0.1) is 0 Å². The van der Waals surface area contributed by atoms with Gasteiger partial charge in [-0.3, -0.25) is 13.8 Å². The molecule has 0 radical (unpaired) electrons. The molecular formula is C47H91O9P. The molecule has 0 fully saturated rings. The first-order valence-corrected chi connectivity index (χ1v) is 25.3. The lowest BCUT2D eigenvalue weighted by atomic mass is 10.1. The third-order valence-electron chi connectivity index (χ3n) is 10.4. The molecule has 0 heterocycles. The van der Waals surface area contributed by atoms with Crippen LogP contribution in [0.3, 0.4) is 0 Å². The van der Waals surface area contributed by atoms with Gasteiger partial charge in [0, 0.05) is 13.0 Å². The Bertz CT molecular complexity index is 944. The van der Waals surface area contributed by atoms with E-state index in [9.17, 15) is 19.4 Å². The average Bonchev–Trinajstić information content (AvgIpc) is 3.20. The Morgan fingerprint density at radius 1 is 0.526 bits per heavy atom.